The first kappa shape index (κ1) is 17.9. The zero-order valence-corrected chi connectivity index (χ0v) is 14.1. The highest BCUT2D eigenvalue weighted by atomic mass is 16.7. The number of nitrogens with zero attached hydrogens (tertiary/aromatic N) is 1. The first-order chi connectivity index (χ1) is 11.3. The lowest BCUT2D eigenvalue weighted by molar-refractivity contribution is -0.0921. The van der Waals surface area contributed by atoms with Crippen LogP contribution in [0.2, 0.25) is 0 Å². The Morgan fingerprint density at radius 2 is 1.67 bits per heavy atom. The quantitative estimate of drug-likeness (QED) is 0.638. The Bertz CT molecular complexity index is 601. The highest BCUT2D eigenvalue weighted by Gasteiger charge is 2.36. The summed E-state index contributed by atoms with van der Waals surface area (Å²) < 4.78 is 5.11. The number of benzene rings is 1. The molecule has 2 rings (SSSR count). The summed E-state index contributed by atoms with van der Waals surface area (Å²) in [6, 6.07) is 6.61. The van der Waals surface area contributed by atoms with Crippen molar-refractivity contribution in [2.45, 2.75) is 39.2 Å². The maximum atomic E-state index is 12.1. The van der Waals surface area contributed by atoms with Gasteiger partial charge in [0.05, 0.1) is 17.7 Å². The monoisotopic (exact) mass is 334 g/mol. The molecular weight excluding hydrogens is 312 g/mol. The molecule has 0 unspecified atom stereocenters. The Hall–Kier alpha value is -2.41. The molecule has 3 amide bonds. The van der Waals surface area contributed by atoms with E-state index in [1.807, 2.05) is 0 Å². The van der Waals surface area contributed by atoms with E-state index in [0.717, 1.165) is 5.06 Å². The van der Waals surface area contributed by atoms with Gasteiger partial charge in [0, 0.05) is 6.54 Å². The van der Waals surface area contributed by atoms with Gasteiger partial charge in [-0.2, -0.15) is 0 Å². The minimum Gasteiger partial charge on any atom is -0.444 e. The van der Waals surface area contributed by atoms with Crippen LogP contribution < -0.4 is 5.32 Å². The van der Waals surface area contributed by atoms with E-state index in [0.29, 0.717) is 30.5 Å². The van der Waals surface area contributed by atoms with Crippen LogP contribution in [-0.4, -0.2) is 41.7 Å². The van der Waals surface area contributed by atoms with Gasteiger partial charge in [0.25, 0.3) is 11.8 Å². The number of carbonyl (C=O) groups is 3. The summed E-state index contributed by atoms with van der Waals surface area (Å²) in [5, 5.41) is 3.43. The number of amides is 3. The van der Waals surface area contributed by atoms with E-state index in [1.165, 1.54) is 0 Å². The van der Waals surface area contributed by atoms with E-state index < -0.39 is 23.5 Å². The molecule has 0 aliphatic carbocycles. The predicted molar refractivity (Wildman–Crippen MR) is 86.4 cm³/mol. The summed E-state index contributed by atoms with van der Waals surface area (Å²) in [6.07, 6.45) is 0.759. The number of rotatable bonds is 6. The van der Waals surface area contributed by atoms with Crippen LogP contribution in [0.1, 0.15) is 54.3 Å². The number of nitrogens with one attached hydrogen (secondary N) is 1. The molecule has 1 aliphatic heterocycles. The topological polar surface area (TPSA) is 84.9 Å². The Morgan fingerprint density at radius 3 is 2.21 bits per heavy atom. The van der Waals surface area contributed by atoms with Crippen molar-refractivity contribution in [1.29, 1.82) is 0 Å². The van der Waals surface area contributed by atoms with Crippen molar-refractivity contribution in [2.75, 3.05) is 13.2 Å². The van der Waals surface area contributed by atoms with Crippen molar-refractivity contribution in [2.24, 2.45) is 0 Å². The van der Waals surface area contributed by atoms with Crippen molar-refractivity contribution < 1.29 is 24.0 Å². The van der Waals surface area contributed by atoms with Crippen LogP contribution in [0.25, 0.3) is 0 Å². The molecule has 1 aromatic carbocycles. The van der Waals surface area contributed by atoms with E-state index >= 15 is 0 Å². The maximum Gasteiger partial charge on any atom is 0.407 e. The molecule has 1 heterocycles. The number of alkyl carbamates (subject to hydrolysis) is 1. The molecule has 7 nitrogen and oxygen atoms in total. The molecule has 0 fully saturated rings. The molecule has 0 spiro atoms. The minimum absolute atomic E-state index is 0.210. The fourth-order valence-corrected chi connectivity index (χ4v) is 2.17. The number of fused-ring (bicyclic) bond motifs is 1. The van der Waals surface area contributed by atoms with Crippen molar-refractivity contribution in [1.82, 2.24) is 10.4 Å². The fraction of sp³-hybridized carbons (Fsp3) is 0.471. The van der Waals surface area contributed by atoms with E-state index in [1.54, 1.807) is 45.0 Å². The normalized spacial score (nSPS) is 13.9. The molecule has 0 aromatic heterocycles. The van der Waals surface area contributed by atoms with Crippen molar-refractivity contribution in [3.63, 3.8) is 0 Å². The molecule has 1 aliphatic rings. The molecule has 130 valence electrons. The number of hydrogen-bond acceptors (Lipinski definition) is 5. The molecule has 0 atom stereocenters. The second kappa shape index (κ2) is 7.44. The number of unbranched alkanes of at least 4 members (excludes halogenated alkanes) is 1. The van der Waals surface area contributed by atoms with Gasteiger partial charge in [-0.1, -0.05) is 12.1 Å². The Balaban J connectivity index is 1.66. The molecular formula is C17H22N2O5. The van der Waals surface area contributed by atoms with Crippen molar-refractivity contribution >= 4 is 17.9 Å². The Morgan fingerprint density at radius 1 is 1.08 bits per heavy atom. The molecule has 0 radical (unpaired) electrons. The Kier molecular flexibility index (Phi) is 5.56. The van der Waals surface area contributed by atoms with Gasteiger partial charge in [0.15, 0.2) is 0 Å². The van der Waals surface area contributed by atoms with Gasteiger partial charge in [0.2, 0.25) is 0 Å². The molecule has 1 aromatic rings. The molecule has 0 bridgehead atoms. The van der Waals surface area contributed by atoms with Crippen molar-refractivity contribution in [3.05, 3.63) is 35.4 Å². The smallest absolute Gasteiger partial charge is 0.407 e. The molecule has 1 N–H and O–H groups in total. The van der Waals surface area contributed by atoms with Gasteiger partial charge < -0.3 is 10.1 Å². The second-order valence-electron chi connectivity index (χ2n) is 6.42. The lowest BCUT2D eigenvalue weighted by Crippen LogP contribution is -2.33. The summed E-state index contributed by atoms with van der Waals surface area (Å²) in [6.45, 7) is 6.02. The molecule has 0 saturated carbocycles. The number of ether oxygens (including phenoxy) is 1. The van der Waals surface area contributed by atoms with Crippen LogP contribution >= 0.6 is 0 Å². The zero-order valence-electron chi connectivity index (χ0n) is 14.1. The van der Waals surface area contributed by atoms with E-state index in [9.17, 15) is 14.4 Å². The van der Waals surface area contributed by atoms with Crippen LogP contribution in [0.5, 0.6) is 0 Å². The summed E-state index contributed by atoms with van der Waals surface area (Å²) >= 11 is 0. The lowest BCUT2D eigenvalue weighted by atomic mass is 10.1. The third-order valence-corrected chi connectivity index (χ3v) is 3.22. The lowest BCUT2D eigenvalue weighted by Gasteiger charge is -2.19. The number of hydroxylamine groups is 2. The first-order valence-corrected chi connectivity index (χ1v) is 7.87. The SMILES string of the molecule is CC(C)(C)OC(=O)NCCCCON1C(=O)c2ccccc2C1=O. The summed E-state index contributed by atoms with van der Waals surface area (Å²) in [4.78, 5) is 40.8. The molecule has 7 heteroatoms. The third kappa shape index (κ3) is 4.55. The number of imide groups is 1. The van der Waals surface area contributed by atoms with Crippen LogP contribution in [0.3, 0.4) is 0 Å². The van der Waals surface area contributed by atoms with E-state index in [2.05, 4.69) is 5.32 Å². The van der Waals surface area contributed by atoms with E-state index in [-0.39, 0.29) is 6.61 Å². The maximum absolute atomic E-state index is 12.1. The van der Waals surface area contributed by atoms with E-state index in [4.69, 9.17) is 9.57 Å². The predicted octanol–water partition coefficient (Wildman–Crippen LogP) is 2.52. The van der Waals surface area contributed by atoms with Gasteiger partial charge in [-0.15, -0.1) is 5.06 Å². The van der Waals surface area contributed by atoms with Crippen molar-refractivity contribution in [3.8, 4) is 0 Å². The fourth-order valence-electron chi connectivity index (χ4n) is 2.17. The number of carbonyl (C=O) groups excluding carboxylic acids is 3. The Labute approximate surface area is 140 Å². The molecule has 0 saturated heterocycles. The van der Waals surface area contributed by atoms with Crippen LogP contribution in [0, 0.1) is 0 Å². The van der Waals surface area contributed by atoms with Gasteiger partial charge in [0.1, 0.15) is 5.60 Å². The second-order valence-corrected chi connectivity index (χ2v) is 6.42. The largest absolute Gasteiger partial charge is 0.444 e. The zero-order chi connectivity index (χ0) is 17.7. The standard InChI is InChI=1S/C17H22N2O5/c1-17(2,3)24-16(22)18-10-6-7-11-23-19-14(20)12-8-4-5-9-13(12)15(19)21/h4-5,8-9H,6-7,10-11H2,1-3H3,(H,18,22). The number of hydrogen-bond donors (Lipinski definition) is 1. The first-order valence-electron chi connectivity index (χ1n) is 7.87. The minimum atomic E-state index is -0.529. The van der Waals surface area contributed by atoms with Crippen LogP contribution in [0.15, 0.2) is 24.3 Å². The van der Waals surface area contributed by atoms with Gasteiger partial charge in [-0.25, -0.2) is 4.79 Å². The summed E-state index contributed by atoms with van der Waals surface area (Å²) in [5.41, 5.74) is 0.182. The average Bonchev–Trinajstić information content (AvgIpc) is 2.74. The highest BCUT2D eigenvalue weighted by molar-refractivity contribution is 6.20. The van der Waals surface area contributed by atoms with Gasteiger partial charge >= 0.3 is 6.09 Å². The molecule has 24 heavy (non-hydrogen) atoms. The van der Waals surface area contributed by atoms with Crippen LogP contribution in [0.4, 0.5) is 4.79 Å². The third-order valence-electron chi connectivity index (χ3n) is 3.22. The average molecular weight is 334 g/mol. The highest BCUT2D eigenvalue weighted by Crippen LogP contribution is 2.22. The summed E-state index contributed by atoms with van der Waals surface area (Å²) in [5.74, 6) is -0.884. The van der Waals surface area contributed by atoms with Gasteiger partial charge in [-0.05, 0) is 45.7 Å². The van der Waals surface area contributed by atoms with Gasteiger partial charge in [-0.3, -0.25) is 14.4 Å². The summed E-state index contributed by atoms with van der Waals surface area (Å²) in [7, 11) is 0. The van der Waals surface area contributed by atoms with Crippen LogP contribution in [-0.2, 0) is 9.57 Å².